The molecule has 21 heavy (non-hydrogen) atoms. The lowest BCUT2D eigenvalue weighted by molar-refractivity contribution is -0.666. The minimum Gasteiger partial charge on any atom is -0.542 e. The number of rotatable bonds is 3. The van der Waals surface area contributed by atoms with Crippen molar-refractivity contribution in [3.63, 3.8) is 0 Å². The molecule has 1 saturated carbocycles. The van der Waals surface area contributed by atoms with Gasteiger partial charge in [0.25, 0.3) is 0 Å². The largest absolute Gasteiger partial charge is 0.542 e. The zero-order chi connectivity index (χ0) is 16.3. The molecule has 2 N–H and O–H groups in total. The summed E-state index contributed by atoms with van der Waals surface area (Å²) in [7, 11) is 2.18. The highest BCUT2D eigenvalue weighted by Gasteiger charge is 2.28. The predicted octanol–water partition coefficient (Wildman–Crippen LogP) is 1.06. The van der Waals surface area contributed by atoms with Crippen LogP contribution in [0.25, 0.3) is 0 Å². The lowest BCUT2D eigenvalue weighted by Gasteiger charge is -2.22. The summed E-state index contributed by atoms with van der Waals surface area (Å²) in [6.07, 6.45) is 2.08. The van der Waals surface area contributed by atoms with E-state index in [0.717, 1.165) is 24.8 Å². The minimum atomic E-state index is -5.19. The van der Waals surface area contributed by atoms with Crippen molar-refractivity contribution >= 4 is 17.6 Å². The molecular formula is C14H21ClF3NO2. The van der Waals surface area contributed by atoms with Gasteiger partial charge >= 0.3 is 6.18 Å². The molecule has 0 atom stereocenters. The Bertz CT molecular complexity index is 355. The monoisotopic (exact) mass is 327 g/mol. The molecule has 0 amide bonds. The molecule has 1 fully saturated rings. The summed E-state index contributed by atoms with van der Waals surface area (Å²) in [5.74, 6) is 5.03. The summed E-state index contributed by atoms with van der Waals surface area (Å²) in [6, 6.07) is 0.857. The maximum atomic E-state index is 10.5. The molecule has 1 aliphatic carbocycles. The van der Waals surface area contributed by atoms with E-state index in [0.29, 0.717) is 5.92 Å². The van der Waals surface area contributed by atoms with Crippen LogP contribution in [0.2, 0.25) is 0 Å². The quantitative estimate of drug-likeness (QED) is 0.479. The topological polar surface area (TPSA) is 56.7 Å². The third-order valence-corrected chi connectivity index (χ3v) is 3.48. The van der Waals surface area contributed by atoms with Gasteiger partial charge in [-0.2, -0.15) is 13.2 Å². The summed E-state index contributed by atoms with van der Waals surface area (Å²) in [4.78, 5) is 8.78. The van der Waals surface area contributed by atoms with E-state index in [1.54, 1.807) is 0 Å². The summed E-state index contributed by atoms with van der Waals surface area (Å²) in [6.45, 7) is 0. The number of nitrogens with two attached hydrogens (primary N) is 1. The fourth-order valence-electron chi connectivity index (χ4n) is 1.97. The van der Waals surface area contributed by atoms with Crippen molar-refractivity contribution in [1.82, 2.24) is 0 Å². The van der Waals surface area contributed by atoms with Crippen LogP contribution in [0.1, 0.15) is 38.5 Å². The number of hydrogen-bond donors (Lipinski definition) is 1. The molecule has 0 aliphatic heterocycles. The minimum absolute atomic E-state index is 0.668. The number of quaternary nitrogens is 1. The molecule has 0 aromatic carbocycles. The number of unbranched alkanes of at least 4 members (excludes halogenated alkanes) is 1. The molecule has 0 saturated heterocycles. The molecule has 0 aromatic heterocycles. The molecule has 3 nitrogen and oxygen atoms in total. The van der Waals surface area contributed by atoms with Crippen molar-refractivity contribution in [2.24, 2.45) is 5.92 Å². The number of halogens is 4. The lowest BCUT2D eigenvalue weighted by Crippen LogP contribution is -2.86. The fraction of sp³-hybridized carbons (Fsp3) is 0.786. The highest BCUT2D eigenvalue weighted by atomic mass is 35.5. The van der Waals surface area contributed by atoms with E-state index in [4.69, 9.17) is 21.5 Å². The van der Waals surface area contributed by atoms with Crippen LogP contribution in [0.5, 0.6) is 0 Å². The molecule has 0 aromatic rings. The second-order valence-corrected chi connectivity index (χ2v) is 5.22. The zero-order valence-corrected chi connectivity index (χ0v) is 12.8. The number of carbonyl (C=O) groups excluding carboxylic acids is 1. The van der Waals surface area contributed by atoms with Crippen molar-refractivity contribution in [1.29, 1.82) is 0 Å². The van der Waals surface area contributed by atoms with E-state index in [9.17, 15) is 13.2 Å². The van der Waals surface area contributed by atoms with Crippen LogP contribution in [0, 0.1) is 17.8 Å². The van der Waals surface area contributed by atoms with Crippen LogP contribution >= 0.6 is 11.6 Å². The number of aliphatic carboxylic acids is 1. The first-order valence-electron chi connectivity index (χ1n) is 6.93. The Morgan fingerprint density at radius 3 is 2.24 bits per heavy atom. The van der Waals surface area contributed by atoms with E-state index >= 15 is 0 Å². The van der Waals surface area contributed by atoms with Gasteiger partial charge in [0.15, 0.2) is 0 Å². The summed E-state index contributed by atoms with van der Waals surface area (Å²) < 4.78 is 31.5. The van der Waals surface area contributed by atoms with Gasteiger partial charge in [-0.15, -0.1) is 17.5 Å². The molecule has 0 heterocycles. The first-order valence-corrected chi connectivity index (χ1v) is 7.46. The first kappa shape index (κ1) is 20.1. The summed E-state index contributed by atoms with van der Waals surface area (Å²) in [5.41, 5.74) is 0. The third kappa shape index (κ3) is 10.4. The van der Waals surface area contributed by atoms with E-state index < -0.39 is 12.1 Å². The number of hydrogen-bond acceptors (Lipinski definition) is 2. The molecular weight excluding hydrogens is 307 g/mol. The molecule has 0 bridgehead atoms. The highest BCUT2D eigenvalue weighted by Crippen LogP contribution is 2.21. The van der Waals surface area contributed by atoms with Crippen LogP contribution < -0.4 is 10.4 Å². The Balaban J connectivity index is 0.000000486. The molecule has 122 valence electrons. The van der Waals surface area contributed by atoms with Crippen molar-refractivity contribution in [3.05, 3.63) is 0 Å². The van der Waals surface area contributed by atoms with Gasteiger partial charge < -0.3 is 15.2 Å². The van der Waals surface area contributed by atoms with Gasteiger partial charge in [0.05, 0.1) is 13.1 Å². The molecule has 0 spiro atoms. The van der Waals surface area contributed by atoms with Gasteiger partial charge in [0.2, 0.25) is 0 Å². The van der Waals surface area contributed by atoms with Crippen LogP contribution in [0.15, 0.2) is 0 Å². The third-order valence-electron chi connectivity index (χ3n) is 3.22. The molecule has 7 heteroatoms. The van der Waals surface area contributed by atoms with E-state index in [2.05, 4.69) is 24.2 Å². The van der Waals surface area contributed by atoms with Crippen molar-refractivity contribution in [2.75, 3.05) is 12.9 Å². The van der Waals surface area contributed by atoms with Crippen molar-refractivity contribution in [2.45, 2.75) is 50.7 Å². The first-order chi connectivity index (χ1) is 9.81. The Hall–Kier alpha value is -0.930. The van der Waals surface area contributed by atoms with Crippen LogP contribution in [-0.4, -0.2) is 31.1 Å². The molecule has 0 radical (unpaired) electrons. The molecule has 1 rings (SSSR count). The van der Waals surface area contributed by atoms with E-state index in [1.165, 1.54) is 25.7 Å². The standard InChI is InChI=1S/C12H20ClN.C2HF3O2/c1-14-12-8-6-11(7-9-12)5-3-2-4-10-13;3-2(4,5)1(6)7/h11-12,14H,2,4,6-10H2,1H3;(H,6,7). The van der Waals surface area contributed by atoms with Crippen molar-refractivity contribution < 1.29 is 28.4 Å². The highest BCUT2D eigenvalue weighted by molar-refractivity contribution is 6.17. The average Bonchev–Trinajstić information content (AvgIpc) is 2.44. The second kappa shape index (κ2) is 10.7. The summed E-state index contributed by atoms with van der Waals surface area (Å²) >= 11 is 5.59. The van der Waals surface area contributed by atoms with Crippen LogP contribution in [0.3, 0.4) is 0 Å². The number of alkyl halides is 4. The van der Waals surface area contributed by atoms with Gasteiger partial charge in [-0.25, -0.2) is 0 Å². The maximum absolute atomic E-state index is 10.5. The van der Waals surface area contributed by atoms with Gasteiger partial charge in [0.1, 0.15) is 5.97 Å². The van der Waals surface area contributed by atoms with E-state index in [1.807, 2.05) is 0 Å². The average molecular weight is 328 g/mol. The fourth-order valence-corrected chi connectivity index (χ4v) is 2.10. The predicted molar refractivity (Wildman–Crippen MR) is 72.4 cm³/mol. The van der Waals surface area contributed by atoms with E-state index in [-0.39, 0.29) is 0 Å². The Labute approximate surface area is 128 Å². The Morgan fingerprint density at radius 1 is 1.33 bits per heavy atom. The van der Waals surface area contributed by atoms with Gasteiger partial charge in [-0.1, -0.05) is 5.92 Å². The number of carboxylic acid groups (broad SMARTS) is 1. The summed E-state index contributed by atoms with van der Waals surface area (Å²) in [5, 5.41) is 11.1. The SMILES string of the molecule is C[NH2+]C1CCC(C#CCCCCl)CC1.O=C([O-])C(F)(F)F. The second-order valence-electron chi connectivity index (χ2n) is 4.84. The van der Waals surface area contributed by atoms with Gasteiger partial charge in [-0.05, 0) is 19.3 Å². The molecule has 1 aliphatic rings. The maximum Gasteiger partial charge on any atom is 0.430 e. The normalized spacial score (nSPS) is 21.6. The van der Waals surface area contributed by atoms with Crippen LogP contribution in [0.4, 0.5) is 13.2 Å². The Kier molecular flexibility index (Phi) is 10.3. The Morgan fingerprint density at radius 2 is 1.86 bits per heavy atom. The molecule has 0 unspecified atom stereocenters. The van der Waals surface area contributed by atoms with Gasteiger partial charge in [-0.3, -0.25) is 0 Å². The lowest BCUT2D eigenvalue weighted by atomic mass is 9.86. The van der Waals surface area contributed by atoms with Gasteiger partial charge in [0, 0.05) is 31.1 Å². The number of carboxylic acids is 1. The number of carbonyl (C=O) groups is 1. The van der Waals surface area contributed by atoms with Crippen molar-refractivity contribution in [3.8, 4) is 11.8 Å². The zero-order valence-electron chi connectivity index (χ0n) is 12.0. The smallest absolute Gasteiger partial charge is 0.430 e. The van der Waals surface area contributed by atoms with Crippen LogP contribution in [-0.2, 0) is 4.79 Å².